The monoisotopic (exact) mass is 523 g/mol. The first-order valence-corrected chi connectivity index (χ1v) is 12.5. The highest BCUT2D eigenvalue weighted by Gasteiger charge is 2.56. The zero-order valence-corrected chi connectivity index (χ0v) is 21.1. The number of benzene rings is 2. The lowest BCUT2D eigenvalue weighted by Gasteiger charge is -2.33. The summed E-state index contributed by atoms with van der Waals surface area (Å²) in [5.41, 5.74) is 2.01. The fraction of sp³-hybridized carbons (Fsp3) is 0.345. The van der Waals surface area contributed by atoms with Gasteiger partial charge in [-0.3, -0.25) is 14.6 Å². The highest BCUT2D eigenvalue weighted by molar-refractivity contribution is 6.00. The van der Waals surface area contributed by atoms with Crippen molar-refractivity contribution in [2.24, 2.45) is 5.41 Å². The van der Waals surface area contributed by atoms with Gasteiger partial charge in [0.05, 0.1) is 23.9 Å². The van der Waals surface area contributed by atoms with Gasteiger partial charge in [0, 0.05) is 36.5 Å². The third-order valence-electron chi connectivity index (χ3n) is 7.60. The van der Waals surface area contributed by atoms with Crippen molar-refractivity contribution in [3.05, 3.63) is 83.0 Å². The summed E-state index contributed by atoms with van der Waals surface area (Å²) in [6.45, 7) is 2.80. The Kier molecular flexibility index (Phi) is 6.63. The molecule has 1 spiro atoms. The van der Waals surface area contributed by atoms with E-state index in [2.05, 4.69) is 10.3 Å². The maximum absolute atomic E-state index is 13.3. The molecule has 0 bridgehead atoms. The van der Waals surface area contributed by atoms with Crippen molar-refractivity contribution >= 4 is 11.8 Å². The molecule has 0 radical (unpaired) electrons. The number of amides is 2. The highest BCUT2D eigenvalue weighted by atomic mass is 19.4. The van der Waals surface area contributed by atoms with E-state index in [1.54, 1.807) is 23.2 Å². The molecule has 9 heteroatoms. The number of aromatic nitrogens is 1. The van der Waals surface area contributed by atoms with Crippen LogP contribution in [0.2, 0.25) is 0 Å². The van der Waals surface area contributed by atoms with Gasteiger partial charge in [0.2, 0.25) is 0 Å². The number of rotatable bonds is 5. The Morgan fingerprint density at radius 3 is 2.53 bits per heavy atom. The number of carbonyl (C=O) groups excluding carboxylic acids is 2. The van der Waals surface area contributed by atoms with Crippen LogP contribution in [0, 0.1) is 12.3 Å². The van der Waals surface area contributed by atoms with Crippen LogP contribution in [0.5, 0.6) is 5.75 Å². The second-order valence-corrected chi connectivity index (χ2v) is 10.1. The molecular formula is C29H28F3N3O3. The average molecular weight is 524 g/mol. The maximum atomic E-state index is 13.3. The summed E-state index contributed by atoms with van der Waals surface area (Å²) in [6, 6.07) is 14.4. The molecule has 38 heavy (non-hydrogen) atoms. The van der Waals surface area contributed by atoms with Crippen molar-refractivity contribution in [1.82, 2.24) is 15.2 Å². The number of nitrogens with zero attached hydrogens (tertiary/aromatic N) is 2. The number of aryl methyl sites for hydroxylation is 1. The molecule has 6 nitrogen and oxygen atoms in total. The number of carbonyl (C=O) groups is 2. The Hall–Kier alpha value is -3.88. The van der Waals surface area contributed by atoms with Crippen molar-refractivity contribution in [1.29, 1.82) is 0 Å². The first-order chi connectivity index (χ1) is 18.1. The van der Waals surface area contributed by atoms with Crippen molar-refractivity contribution in [3.63, 3.8) is 0 Å². The van der Waals surface area contributed by atoms with Crippen LogP contribution in [0.1, 0.15) is 51.1 Å². The van der Waals surface area contributed by atoms with E-state index < -0.39 is 17.6 Å². The molecule has 2 amide bonds. The molecule has 1 saturated heterocycles. The van der Waals surface area contributed by atoms with Crippen LogP contribution < -0.4 is 10.1 Å². The molecule has 1 aliphatic heterocycles. The van der Waals surface area contributed by atoms with Crippen molar-refractivity contribution in [2.75, 3.05) is 20.2 Å². The van der Waals surface area contributed by atoms with Gasteiger partial charge < -0.3 is 15.0 Å². The molecule has 2 fully saturated rings. The summed E-state index contributed by atoms with van der Waals surface area (Å²) in [7, 11) is 1.27. The van der Waals surface area contributed by atoms with E-state index in [0.717, 1.165) is 29.7 Å². The molecule has 1 aromatic heterocycles. The number of nitrogens with one attached hydrogen (secondary N) is 1. The molecular weight excluding hydrogens is 495 g/mol. The lowest BCUT2D eigenvalue weighted by molar-refractivity contribution is -0.137. The second-order valence-electron chi connectivity index (χ2n) is 10.1. The van der Waals surface area contributed by atoms with E-state index in [1.807, 2.05) is 31.2 Å². The summed E-state index contributed by atoms with van der Waals surface area (Å²) < 4.78 is 44.9. The topological polar surface area (TPSA) is 71.5 Å². The van der Waals surface area contributed by atoms with Crippen molar-refractivity contribution in [2.45, 2.75) is 38.4 Å². The summed E-state index contributed by atoms with van der Waals surface area (Å²) in [5.74, 6) is -0.656. The molecule has 3 aromatic rings. The SMILES string of the molecule is COc1cc(C(=O)N2CCC3(CC2)CC3NC(=O)c2cccnc2-c2cccc(C)c2)cc(C(F)(F)F)c1. The van der Waals surface area contributed by atoms with Crippen LogP contribution >= 0.6 is 0 Å². The Labute approximate surface area is 218 Å². The maximum Gasteiger partial charge on any atom is 0.416 e. The van der Waals surface area contributed by atoms with Crippen LogP contribution in [0.25, 0.3) is 11.3 Å². The van der Waals surface area contributed by atoms with Gasteiger partial charge in [0.1, 0.15) is 5.75 Å². The summed E-state index contributed by atoms with van der Waals surface area (Å²) >= 11 is 0. The van der Waals surface area contributed by atoms with Crippen molar-refractivity contribution < 1.29 is 27.5 Å². The van der Waals surface area contributed by atoms with Gasteiger partial charge in [-0.1, -0.05) is 23.8 Å². The Morgan fingerprint density at radius 1 is 1.08 bits per heavy atom. The fourth-order valence-corrected chi connectivity index (χ4v) is 5.29. The highest BCUT2D eigenvalue weighted by Crippen LogP contribution is 2.54. The summed E-state index contributed by atoms with van der Waals surface area (Å²) in [6.07, 6.45) is -0.782. The van der Waals surface area contributed by atoms with E-state index in [0.29, 0.717) is 37.2 Å². The lowest BCUT2D eigenvalue weighted by Crippen LogP contribution is -2.41. The van der Waals surface area contributed by atoms with Gasteiger partial charge in [-0.2, -0.15) is 13.2 Å². The largest absolute Gasteiger partial charge is 0.497 e. The van der Waals surface area contributed by atoms with Crippen LogP contribution in [-0.4, -0.2) is 47.9 Å². The van der Waals surface area contributed by atoms with Gasteiger partial charge in [-0.15, -0.1) is 0 Å². The number of hydrogen-bond acceptors (Lipinski definition) is 4. The van der Waals surface area contributed by atoms with E-state index in [-0.39, 0.29) is 28.7 Å². The van der Waals surface area contributed by atoms with Gasteiger partial charge in [-0.25, -0.2) is 0 Å². The Bertz CT molecular complexity index is 1380. The molecule has 1 saturated carbocycles. The van der Waals surface area contributed by atoms with Gasteiger partial charge in [0.25, 0.3) is 11.8 Å². The minimum absolute atomic E-state index is 0.0120. The minimum Gasteiger partial charge on any atom is -0.497 e. The van der Waals surface area contributed by atoms with Gasteiger partial charge >= 0.3 is 6.18 Å². The molecule has 1 unspecified atom stereocenters. The predicted molar refractivity (Wildman–Crippen MR) is 136 cm³/mol. The third-order valence-corrected chi connectivity index (χ3v) is 7.60. The van der Waals surface area contributed by atoms with E-state index >= 15 is 0 Å². The summed E-state index contributed by atoms with van der Waals surface area (Å²) in [5, 5.41) is 3.15. The van der Waals surface area contributed by atoms with Gasteiger partial charge in [0.15, 0.2) is 0 Å². The zero-order valence-electron chi connectivity index (χ0n) is 21.1. The van der Waals surface area contributed by atoms with E-state index in [4.69, 9.17) is 4.74 Å². The van der Waals surface area contributed by atoms with Gasteiger partial charge in [-0.05, 0) is 68.0 Å². The lowest BCUT2D eigenvalue weighted by atomic mass is 9.92. The number of pyridine rings is 1. The quantitative estimate of drug-likeness (QED) is 0.479. The average Bonchev–Trinajstić information content (AvgIpc) is 3.57. The number of halogens is 3. The first kappa shape index (κ1) is 25.8. The van der Waals surface area contributed by atoms with Crippen LogP contribution in [0.15, 0.2) is 60.8 Å². The molecule has 198 valence electrons. The molecule has 1 aliphatic carbocycles. The molecule has 2 heterocycles. The molecule has 2 aromatic carbocycles. The standard InChI is InChI=1S/C29H28F3N3O3/c1-18-5-3-6-19(13-18)25-23(7-4-10-33-25)26(36)34-24-17-28(24)8-11-35(12-9-28)27(37)20-14-21(29(30,31)32)16-22(15-20)38-2/h3-7,10,13-16,24H,8-9,11-12,17H2,1-2H3,(H,34,36). The molecule has 1 atom stereocenters. The van der Waals surface area contributed by atoms with E-state index in [9.17, 15) is 22.8 Å². The van der Waals surface area contributed by atoms with Crippen LogP contribution in [0.4, 0.5) is 13.2 Å². The number of piperidine rings is 1. The third kappa shape index (κ3) is 5.10. The summed E-state index contributed by atoms with van der Waals surface area (Å²) in [4.78, 5) is 32.3. The minimum atomic E-state index is -4.58. The zero-order chi connectivity index (χ0) is 27.1. The predicted octanol–water partition coefficient (Wildman–Crippen LogP) is 5.51. The molecule has 1 N–H and O–H groups in total. The number of alkyl halides is 3. The normalized spacial score (nSPS) is 18.2. The Balaban J connectivity index is 1.24. The number of ether oxygens (including phenoxy) is 1. The van der Waals surface area contributed by atoms with Crippen LogP contribution in [-0.2, 0) is 6.18 Å². The first-order valence-electron chi connectivity index (χ1n) is 12.5. The second kappa shape index (κ2) is 9.78. The smallest absolute Gasteiger partial charge is 0.416 e. The number of likely N-dealkylation sites (tertiary alicyclic amines) is 1. The fourth-order valence-electron chi connectivity index (χ4n) is 5.29. The molecule has 2 aliphatic rings. The number of hydrogen-bond donors (Lipinski definition) is 1. The Morgan fingerprint density at radius 2 is 1.84 bits per heavy atom. The van der Waals surface area contributed by atoms with E-state index in [1.165, 1.54) is 13.2 Å². The van der Waals surface area contributed by atoms with Crippen LogP contribution in [0.3, 0.4) is 0 Å². The van der Waals surface area contributed by atoms with Crippen molar-refractivity contribution in [3.8, 4) is 17.0 Å². The molecule has 5 rings (SSSR count). The number of methoxy groups -OCH3 is 1.